The lowest BCUT2D eigenvalue weighted by Gasteiger charge is -2.07. The van der Waals surface area contributed by atoms with E-state index in [-0.39, 0.29) is 11.5 Å². The molecule has 0 unspecified atom stereocenters. The van der Waals surface area contributed by atoms with E-state index in [0.29, 0.717) is 31.7 Å². The average molecular weight is 343 g/mol. The zero-order valence-corrected chi connectivity index (χ0v) is 14.0. The standard InChI is InChI=1S/C19H21NO5/c1-24-17-8-6-14(7-9-17)13-25-11-3-10-20-18(21)15-4-2-5-16(12-15)19(22)23/h2,4-9,12H,3,10-11,13H2,1H3,(H,20,21)(H,22,23). The van der Waals surface area contributed by atoms with E-state index in [1.165, 1.54) is 12.1 Å². The summed E-state index contributed by atoms with van der Waals surface area (Å²) in [5, 5.41) is 11.7. The van der Waals surface area contributed by atoms with Crippen LogP contribution in [-0.4, -0.2) is 37.2 Å². The summed E-state index contributed by atoms with van der Waals surface area (Å²) in [7, 11) is 1.62. The number of rotatable bonds is 9. The van der Waals surface area contributed by atoms with Crippen molar-refractivity contribution >= 4 is 11.9 Å². The molecule has 0 aliphatic carbocycles. The molecule has 0 spiro atoms. The SMILES string of the molecule is COc1ccc(COCCCNC(=O)c2cccc(C(=O)O)c2)cc1. The summed E-state index contributed by atoms with van der Waals surface area (Å²) in [5.41, 5.74) is 1.48. The first-order valence-corrected chi connectivity index (χ1v) is 7.92. The van der Waals surface area contributed by atoms with Crippen LogP contribution in [0.4, 0.5) is 0 Å². The summed E-state index contributed by atoms with van der Waals surface area (Å²) in [4.78, 5) is 22.9. The number of carbonyl (C=O) groups is 2. The van der Waals surface area contributed by atoms with Crippen molar-refractivity contribution in [1.82, 2.24) is 5.32 Å². The van der Waals surface area contributed by atoms with Crippen molar-refractivity contribution < 1.29 is 24.2 Å². The largest absolute Gasteiger partial charge is 0.497 e. The topological polar surface area (TPSA) is 84.9 Å². The lowest BCUT2D eigenvalue weighted by Crippen LogP contribution is -2.25. The first-order valence-electron chi connectivity index (χ1n) is 7.92. The van der Waals surface area contributed by atoms with Crippen LogP contribution >= 0.6 is 0 Å². The maximum absolute atomic E-state index is 12.0. The molecule has 0 saturated heterocycles. The van der Waals surface area contributed by atoms with E-state index in [2.05, 4.69) is 5.32 Å². The Kier molecular flexibility index (Phi) is 6.98. The molecule has 0 fully saturated rings. The maximum atomic E-state index is 12.0. The minimum Gasteiger partial charge on any atom is -0.497 e. The molecule has 0 aliphatic heterocycles. The highest BCUT2D eigenvalue weighted by molar-refractivity contribution is 5.97. The average Bonchev–Trinajstić information content (AvgIpc) is 2.65. The lowest BCUT2D eigenvalue weighted by molar-refractivity contribution is 0.0697. The van der Waals surface area contributed by atoms with Crippen LogP contribution in [0, 0.1) is 0 Å². The Labute approximate surface area is 146 Å². The second-order valence-corrected chi connectivity index (χ2v) is 5.40. The first-order chi connectivity index (χ1) is 12.1. The van der Waals surface area contributed by atoms with Crippen molar-refractivity contribution in [3.05, 3.63) is 65.2 Å². The summed E-state index contributed by atoms with van der Waals surface area (Å²) < 4.78 is 10.7. The molecule has 25 heavy (non-hydrogen) atoms. The fourth-order valence-corrected chi connectivity index (χ4v) is 2.18. The molecule has 1 amide bonds. The van der Waals surface area contributed by atoms with Gasteiger partial charge in [-0.3, -0.25) is 4.79 Å². The number of carboxylic acid groups (broad SMARTS) is 1. The predicted molar refractivity (Wildman–Crippen MR) is 93.0 cm³/mol. The highest BCUT2D eigenvalue weighted by Gasteiger charge is 2.08. The van der Waals surface area contributed by atoms with E-state index in [0.717, 1.165) is 11.3 Å². The Morgan fingerprint density at radius 3 is 2.48 bits per heavy atom. The van der Waals surface area contributed by atoms with Crippen molar-refractivity contribution in [1.29, 1.82) is 0 Å². The fraction of sp³-hybridized carbons (Fsp3) is 0.263. The van der Waals surface area contributed by atoms with Crippen LogP contribution in [0.15, 0.2) is 48.5 Å². The zero-order valence-electron chi connectivity index (χ0n) is 14.0. The number of hydrogen-bond acceptors (Lipinski definition) is 4. The highest BCUT2D eigenvalue weighted by atomic mass is 16.5. The Balaban J connectivity index is 1.66. The van der Waals surface area contributed by atoms with Gasteiger partial charge in [-0.1, -0.05) is 18.2 Å². The Bertz CT molecular complexity index is 712. The van der Waals surface area contributed by atoms with Crippen LogP contribution in [0.5, 0.6) is 5.75 Å². The normalized spacial score (nSPS) is 10.3. The molecule has 0 heterocycles. The van der Waals surface area contributed by atoms with Gasteiger partial charge in [0.15, 0.2) is 0 Å². The number of methoxy groups -OCH3 is 1. The highest BCUT2D eigenvalue weighted by Crippen LogP contribution is 2.12. The van der Waals surface area contributed by atoms with Crippen LogP contribution in [0.25, 0.3) is 0 Å². The van der Waals surface area contributed by atoms with Gasteiger partial charge in [-0.2, -0.15) is 0 Å². The van der Waals surface area contributed by atoms with Crippen molar-refractivity contribution in [3.63, 3.8) is 0 Å². The summed E-state index contributed by atoms with van der Waals surface area (Å²) in [5.74, 6) is -0.543. The maximum Gasteiger partial charge on any atom is 0.335 e. The minimum absolute atomic E-state index is 0.0930. The summed E-state index contributed by atoms with van der Waals surface area (Å²) in [6.45, 7) is 1.47. The lowest BCUT2D eigenvalue weighted by atomic mass is 10.1. The molecule has 0 bridgehead atoms. The number of nitrogens with one attached hydrogen (secondary N) is 1. The molecule has 0 saturated carbocycles. The van der Waals surface area contributed by atoms with Crippen molar-refractivity contribution in [2.45, 2.75) is 13.0 Å². The molecule has 0 aromatic heterocycles. The van der Waals surface area contributed by atoms with Crippen LogP contribution < -0.4 is 10.1 Å². The monoisotopic (exact) mass is 343 g/mol. The van der Waals surface area contributed by atoms with E-state index in [1.54, 1.807) is 19.2 Å². The summed E-state index contributed by atoms with van der Waals surface area (Å²) in [6.07, 6.45) is 0.667. The number of ether oxygens (including phenoxy) is 2. The van der Waals surface area contributed by atoms with Crippen molar-refractivity contribution in [2.24, 2.45) is 0 Å². The van der Waals surface area contributed by atoms with Gasteiger partial charge in [-0.25, -0.2) is 4.79 Å². The van der Waals surface area contributed by atoms with Gasteiger partial charge >= 0.3 is 5.97 Å². The third-order valence-corrected chi connectivity index (χ3v) is 3.55. The molecule has 2 N–H and O–H groups in total. The summed E-state index contributed by atoms with van der Waals surface area (Å²) >= 11 is 0. The number of carbonyl (C=O) groups excluding carboxylic acids is 1. The van der Waals surface area contributed by atoms with Gasteiger partial charge < -0.3 is 19.9 Å². The van der Waals surface area contributed by atoms with Gasteiger partial charge in [-0.15, -0.1) is 0 Å². The van der Waals surface area contributed by atoms with E-state index in [1.807, 2.05) is 24.3 Å². The molecule has 2 aromatic carbocycles. The molecule has 0 aliphatic rings. The second kappa shape index (κ2) is 9.44. The molecule has 0 radical (unpaired) electrons. The molecule has 132 valence electrons. The van der Waals surface area contributed by atoms with Gasteiger partial charge in [0.05, 0.1) is 19.3 Å². The predicted octanol–water partition coefficient (Wildman–Crippen LogP) is 2.73. The van der Waals surface area contributed by atoms with E-state index in [4.69, 9.17) is 14.6 Å². The Hall–Kier alpha value is -2.86. The zero-order chi connectivity index (χ0) is 18.1. The smallest absolute Gasteiger partial charge is 0.335 e. The first kappa shape index (κ1) is 18.5. The molecular weight excluding hydrogens is 322 g/mol. The molecule has 2 rings (SSSR count). The summed E-state index contributed by atoms with van der Waals surface area (Å²) in [6, 6.07) is 13.6. The molecule has 6 nitrogen and oxygen atoms in total. The third kappa shape index (κ3) is 5.93. The Morgan fingerprint density at radius 1 is 1.08 bits per heavy atom. The number of benzene rings is 2. The van der Waals surface area contributed by atoms with Crippen LogP contribution in [0.3, 0.4) is 0 Å². The van der Waals surface area contributed by atoms with E-state index < -0.39 is 5.97 Å². The molecular formula is C19H21NO5. The molecule has 0 atom stereocenters. The minimum atomic E-state index is -1.05. The van der Waals surface area contributed by atoms with Crippen molar-refractivity contribution in [3.8, 4) is 5.75 Å². The third-order valence-electron chi connectivity index (χ3n) is 3.55. The van der Waals surface area contributed by atoms with Crippen molar-refractivity contribution in [2.75, 3.05) is 20.3 Å². The Morgan fingerprint density at radius 2 is 1.80 bits per heavy atom. The molecule has 6 heteroatoms. The number of aromatic carboxylic acids is 1. The number of hydrogen-bond donors (Lipinski definition) is 2. The van der Waals surface area contributed by atoms with Crippen LogP contribution in [0.2, 0.25) is 0 Å². The second-order valence-electron chi connectivity index (χ2n) is 5.40. The number of carboxylic acids is 1. The van der Waals surface area contributed by atoms with E-state index >= 15 is 0 Å². The van der Waals surface area contributed by atoms with Crippen LogP contribution in [-0.2, 0) is 11.3 Å². The van der Waals surface area contributed by atoms with Crippen LogP contribution in [0.1, 0.15) is 32.7 Å². The number of amides is 1. The van der Waals surface area contributed by atoms with Gasteiger partial charge in [0.25, 0.3) is 5.91 Å². The quantitative estimate of drug-likeness (QED) is 0.684. The molecule has 2 aromatic rings. The van der Waals surface area contributed by atoms with E-state index in [9.17, 15) is 9.59 Å². The van der Waals surface area contributed by atoms with Gasteiger partial charge in [0.1, 0.15) is 5.75 Å². The van der Waals surface area contributed by atoms with Gasteiger partial charge in [0.2, 0.25) is 0 Å². The van der Waals surface area contributed by atoms with Gasteiger partial charge in [0, 0.05) is 18.7 Å². The van der Waals surface area contributed by atoms with Gasteiger partial charge in [-0.05, 0) is 42.3 Å². The fourth-order valence-electron chi connectivity index (χ4n) is 2.18.